The molecule has 1 saturated heterocycles. The van der Waals surface area contributed by atoms with E-state index >= 15 is 0 Å². The van der Waals surface area contributed by atoms with Crippen molar-refractivity contribution < 1.29 is 4.74 Å². The third-order valence-corrected chi connectivity index (χ3v) is 4.89. The normalized spacial score (nSPS) is 31.2. The molecule has 2 aliphatic heterocycles. The van der Waals surface area contributed by atoms with Crippen LogP contribution in [0, 0.1) is 0 Å². The van der Waals surface area contributed by atoms with Crippen LogP contribution in [0.2, 0.25) is 0 Å². The van der Waals surface area contributed by atoms with Gasteiger partial charge >= 0.3 is 0 Å². The van der Waals surface area contributed by atoms with Gasteiger partial charge in [-0.15, -0.1) is 5.10 Å². The van der Waals surface area contributed by atoms with Crippen LogP contribution in [0.4, 0.5) is 0 Å². The van der Waals surface area contributed by atoms with Gasteiger partial charge in [-0.1, -0.05) is 29.5 Å². The smallest absolute Gasteiger partial charge is 0.0997 e. The van der Waals surface area contributed by atoms with E-state index in [0.717, 1.165) is 31.6 Å². The summed E-state index contributed by atoms with van der Waals surface area (Å²) in [6, 6.07) is 9.29. The lowest BCUT2D eigenvalue weighted by Crippen LogP contribution is -2.50. The van der Waals surface area contributed by atoms with E-state index in [9.17, 15) is 0 Å². The number of aromatic nitrogens is 3. The van der Waals surface area contributed by atoms with Crippen molar-refractivity contribution in [3.63, 3.8) is 0 Å². The Hall–Kier alpha value is -1.72. The van der Waals surface area contributed by atoms with Gasteiger partial charge in [0.15, 0.2) is 0 Å². The Morgan fingerprint density at radius 3 is 3.00 bits per heavy atom. The number of aryl methyl sites for hydroxylation is 1. The van der Waals surface area contributed by atoms with Crippen molar-refractivity contribution in [3.8, 4) is 0 Å². The molecule has 1 fully saturated rings. The SMILES string of the molecule is C[C@H]1C[C@@]2(C[C@@H](c3cn(C)nn3)N1)OCCc1ccccc12. The van der Waals surface area contributed by atoms with Crippen molar-refractivity contribution in [3.05, 3.63) is 47.3 Å². The van der Waals surface area contributed by atoms with Gasteiger partial charge in [0.2, 0.25) is 0 Å². The molecule has 5 heteroatoms. The summed E-state index contributed by atoms with van der Waals surface area (Å²) in [4.78, 5) is 0. The van der Waals surface area contributed by atoms with E-state index < -0.39 is 0 Å². The molecule has 0 unspecified atom stereocenters. The number of ether oxygens (including phenoxy) is 1. The summed E-state index contributed by atoms with van der Waals surface area (Å²) >= 11 is 0. The molecule has 0 bridgehead atoms. The summed E-state index contributed by atoms with van der Waals surface area (Å²) < 4.78 is 8.13. The Morgan fingerprint density at radius 1 is 1.32 bits per heavy atom. The first-order valence-electron chi connectivity index (χ1n) is 8.01. The minimum Gasteiger partial charge on any atom is -0.370 e. The summed E-state index contributed by atoms with van der Waals surface area (Å²) in [7, 11) is 1.91. The molecule has 0 amide bonds. The lowest BCUT2D eigenvalue weighted by atomic mass is 9.75. The Labute approximate surface area is 130 Å². The molecule has 2 aliphatic rings. The summed E-state index contributed by atoms with van der Waals surface area (Å²) in [6.45, 7) is 3.03. The fourth-order valence-corrected chi connectivity index (χ4v) is 4.04. The van der Waals surface area contributed by atoms with Gasteiger partial charge in [-0.2, -0.15) is 0 Å². The van der Waals surface area contributed by atoms with E-state index in [4.69, 9.17) is 4.74 Å². The largest absolute Gasteiger partial charge is 0.370 e. The first-order valence-corrected chi connectivity index (χ1v) is 8.01. The maximum atomic E-state index is 6.37. The van der Waals surface area contributed by atoms with E-state index in [1.54, 1.807) is 4.68 Å². The van der Waals surface area contributed by atoms with Crippen LogP contribution in [0.15, 0.2) is 30.5 Å². The topological polar surface area (TPSA) is 52.0 Å². The van der Waals surface area contributed by atoms with Gasteiger partial charge < -0.3 is 10.1 Å². The fourth-order valence-electron chi connectivity index (χ4n) is 4.04. The number of nitrogens with one attached hydrogen (secondary N) is 1. The summed E-state index contributed by atoms with van der Waals surface area (Å²) in [5.74, 6) is 0. The molecule has 0 saturated carbocycles. The Kier molecular flexibility index (Phi) is 3.27. The van der Waals surface area contributed by atoms with E-state index in [1.807, 2.05) is 13.2 Å². The number of hydrogen-bond donors (Lipinski definition) is 1. The highest BCUT2D eigenvalue weighted by Crippen LogP contribution is 2.45. The molecule has 22 heavy (non-hydrogen) atoms. The average molecular weight is 298 g/mol. The van der Waals surface area contributed by atoms with E-state index in [2.05, 4.69) is 46.8 Å². The van der Waals surface area contributed by atoms with E-state index in [0.29, 0.717) is 6.04 Å². The Morgan fingerprint density at radius 2 is 2.18 bits per heavy atom. The second kappa shape index (κ2) is 5.18. The third kappa shape index (κ3) is 2.25. The Balaban J connectivity index is 1.73. The predicted molar refractivity (Wildman–Crippen MR) is 83.4 cm³/mol. The molecule has 0 aliphatic carbocycles. The highest BCUT2D eigenvalue weighted by Gasteiger charge is 2.45. The van der Waals surface area contributed by atoms with Crippen LogP contribution < -0.4 is 5.32 Å². The zero-order chi connectivity index (χ0) is 15.2. The zero-order valence-electron chi connectivity index (χ0n) is 13.1. The van der Waals surface area contributed by atoms with Crippen molar-refractivity contribution >= 4 is 0 Å². The number of rotatable bonds is 1. The second-order valence-electron chi connectivity index (χ2n) is 6.60. The van der Waals surface area contributed by atoms with Crippen LogP contribution in [-0.2, 0) is 23.8 Å². The minimum atomic E-state index is -0.193. The van der Waals surface area contributed by atoms with Crippen molar-refractivity contribution in [2.45, 2.75) is 43.9 Å². The van der Waals surface area contributed by atoms with Crippen LogP contribution >= 0.6 is 0 Å². The van der Waals surface area contributed by atoms with Crippen molar-refractivity contribution in [1.82, 2.24) is 20.3 Å². The first kappa shape index (κ1) is 13.9. The number of nitrogens with zero attached hydrogens (tertiary/aromatic N) is 3. The van der Waals surface area contributed by atoms with Crippen LogP contribution in [0.5, 0.6) is 0 Å². The van der Waals surface area contributed by atoms with Gasteiger partial charge in [0.25, 0.3) is 0 Å². The average Bonchev–Trinajstić information content (AvgIpc) is 2.94. The van der Waals surface area contributed by atoms with Crippen molar-refractivity contribution in [2.75, 3.05) is 6.61 Å². The molecule has 1 N–H and O–H groups in total. The van der Waals surface area contributed by atoms with Gasteiger partial charge in [0, 0.05) is 25.7 Å². The maximum Gasteiger partial charge on any atom is 0.0997 e. The number of fused-ring (bicyclic) bond motifs is 2. The number of hydrogen-bond acceptors (Lipinski definition) is 4. The highest BCUT2D eigenvalue weighted by atomic mass is 16.5. The molecular weight excluding hydrogens is 276 g/mol. The van der Waals surface area contributed by atoms with Gasteiger partial charge in [-0.25, -0.2) is 0 Å². The molecule has 5 nitrogen and oxygen atoms in total. The van der Waals surface area contributed by atoms with Crippen molar-refractivity contribution in [2.24, 2.45) is 7.05 Å². The van der Waals surface area contributed by atoms with Crippen LogP contribution in [0.3, 0.4) is 0 Å². The summed E-state index contributed by atoms with van der Waals surface area (Å²) in [5.41, 5.74) is 3.60. The van der Waals surface area contributed by atoms with Gasteiger partial charge in [0.1, 0.15) is 0 Å². The van der Waals surface area contributed by atoms with Gasteiger partial charge in [-0.05, 0) is 30.9 Å². The third-order valence-electron chi connectivity index (χ3n) is 4.89. The molecule has 1 spiro atoms. The monoisotopic (exact) mass is 298 g/mol. The van der Waals surface area contributed by atoms with Crippen molar-refractivity contribution in [1.29, 1.82) is 0 Å². The second-order valence-corrected chi connectivity index (χ2v) is 6.60. The molecule has 116 valence electrons. The lowest BCUT2D eigenvalue weighted by Gasteiger charge is -2.47. The number of benzene rings is 1. The summed E-state index contributed by atoms with van der Waals surface area (Å²) in [6.07, 6.45) is 4.92. The molecule has 4 rings (SSSR count). The quantitative estimate of drug-likeness (QED) is 0.876. The molecule has 1 aromatic carbocycles. The molecule has 0 radical (unpaired) electrons. The van der Waals surface area contributed by atoms with Gasteiger partial charge in [-0.3, -0.25) is 4.68 Å². The number of piperidine rings is 1. The van der Waals surface area contributed by atoms with Crippen LogP contribution in [-0.4, -0.2) is 27.6 Å². The minimum absolute atomic E-state index is 0.184. The van der Waals surface area contributed by atoms with Crippen LogP contribution in [0.1, 0.15) is 42.6 Å². The lowest BCUT2D eigenvalue weighted by molar-refractivity contribution is -0.0987. The highest BCUT2D eigenvalue weighted by molar-refractivity contribution is 5.36. The molecule has 3 atom stereocenters. The van der Waals surface area contributed by atoms with Gasteiger partial charge in [0.05, 0.1) is 23.9 Å². The molecule has 3 heterocycles. The fraction of sp³-hybridized carbons (Fsp3) is 0.529. The van der Waals surface area contributed by atoms with E-state index in [1.165, 1.54) is 11.1 Å². The molecule has 2 aromatic rings. The summed E-state index contributed by atoms with van der Waals surface area (Å²) in [5, 5.41) is 12.0. The Bertz CT molecular complexity index is 683. The maximum absolute atomic E-state index is 6.37. The zero-order valence-corrected chi connectivity index (χ0v) is 13.1. The molecular formula is C17H22N4O. The standard InChI is InChI=1S/C17H22N4O/c1-12-9-17(10-15(18-12)16-11-21(2)20-19-16)14-6-4-3-5-13(14)7-8-22-17/h3-6,11-12,15,18H,7-10H2,1-2H3/t12-,15-,17-/m0/s1. The predicted octanol–water partition coefficient (Wildman–Crippen LogP) is 2.10. The first-order chi connectivity index (χ1) is 10.7. The molecule has 1 aromatic heterocycles. The van der Waals surface area contributed by atoms with Crippen LogP contribution in [0.25, 0.3) is 0 Å². The van der Waals surface area contributed by atoms with E-state index in [-0.39, 0.29) is 11.6 Å².